The Kier molecular flexibility index (Phi) is 6.19. The third kappa shape index (κ3) is 4.73. The Morgan fingerprint density at radius 2 is 1.51 bits per heavy atom. The van der Waals surface area contributed by atoms with E-state index in [2.05, 4.69) is 41.4 Å². The topological polar surface area (TPSA) is 75.6 Å². The van der Waals surface area contributed by atoms with Crippen LogP contribution >= 0.6 is 0 Å². The zero-order chi connectivity index (χ0) is 24.2. The van der Waals surface area contributed by atoms with Gasteiger partial charge in [-0.1, -0.05) is 72.5 Å². The van der Waals surface area contributed by atoms with E-state index in [0.29, 0.717) is 13.0 Å². The van der Waals surface area contributed by atoms with E-state index in [1.54, 1.807) is 18.2 Å². The van der Waals surface area contributed by atoms with Gasteiger partial charge in [-0.3, -0.25) is 0 Å². The van der Waals surface area contributed by atoms with Crippen molar-refractivity contribution in [1.29, 1.82) is 0 Å². The Balaban J connectivity index is 1.13. The van der Waals surface area contributed by atoms with E-state index in [1.165, 1.54) is 22.3 Å². The number of fused-ring (bicyclic) bond motifs is 4. The largest absolute Gasteiger partial charge is 0.478 e. The minimum Gasteiger partial charge on any atom is -0.478 e. The Bertz CT molecular complexity index is 1450. The molecule has 0 atom stereocenters. The van der Waals surface area contributed by atoms with Gasteiger partial charge in [0.05, 0.1) is 5.56 Å². The van der Waals surface area contributed by atoms with Crippen LogP contribution in [0.2, 0.25) is 0 Å². The molecule has 0 radical (unpaired) electrons. The maximum absolute atomic E-state index is 12.3. The second kappa shape index (κ2) is 9.74. The third-order valence-corrected chi connectivity index (χ3v) is 6.18. The molecule has 0 heterocycles. The van der Waals surface area contributed by atoms with Gasteiger partial charge in [-0.2, -0.15) is 0 Å². The monoisotopic (exact) mass is 461 g/mol. The van der Waals surface area contributed by atoms with Crippen LogP contribution in [0.1, 0.15) is 39.4 Å². The molecule has 0 aliphatic heterocycles. The second-order valence-corrected chi connectivity index (χ2v) is 8.39. The Morgan fingerprint density at radius 1 is 0.857 bits per heavy atom. The Morgan fingerprint density at radius 3 is 2.23 bits per heavy atom. The fraction of sp³-hybridized carbons (Fsp3) is 0.133. The molecule has 0 aromatic heterocycles. The number of aromatic carboxylic acids is 1. The molecule has 0 bridgehead atoms. The lowest BCUT2D eigenvalue weighted by Gasteiger charge is -2.14. The van der Waals surface area contributed by atoms with Crippen molar-refractivity contribution in [2.45, 2.75) is 12.3 Å². The summed E-state index contributed by atoms with van der Waals surface area (Å²) in [6.07, 6.45) is 0.0359. The van der Waals surface area contributed by atoms with E-state index in [4.69, 9.17) is 9.84 Å². The van der Waals surface area contributed by atoms with Crippen molar-refractivity contribution in [2.24, 2.45) is 0 Å². The molecule has 4 aromatic carbocycles. The minimum atomic E-state index is -0.945. The molecule has 5 heteroatoms. The van der Waals surface area contributed by atoms with Crippen molar-refractivity contribution in [3.63, 3.8) is 0 Å². The van der Waals surface area contributed by atoms with Gasteiger partial charge in [0.1, 0.15) is 6.61 Å². The number of carbonyl (C=O) groups excluding carboxylic acids is 1. The maximum atomic E-state index is 12.3. The number of carboxylic acids is 1. The van der Waals surface area contributed by atoms with Crippen LogP contribution in [0.4, 0.5) is 4.79 Å². The first-order valence-corrected chi connectivity index (χ1v) is 11.4. The third-order valence-electron chi connectivity index (χ3n) is 6.18. The van der Waals surface area contributed by atoms with Crippen molar-refractivity contribution in [3.05, 3.63) is 107 Å². The van der Waals surface area contributed by atoms with E-state index in [-0.39, 0.29) is 18.1 Å². The Labute approximate surface area is 203 Å². The van der Waals surface area contributed by atoms with Crippen LogP contribution in [0.25, 0.3) is 21.9 Å². The van der Waals surface area contributed by atoms with Crippen molar-refractivity contribution in [3.8, 4) is 23.0 Å². The molecule has 35 heavy (non-hydrogen) atoms. The first-order valence-electron chi connectivity index (χ1n) is 11.4. The SMILES string of the molecule is O=C(NCCC#Cc1ccc2cc(C(=O)O)ccc2c1)OCC1c2ccccc2-c2ccccc21. The van der Waals surface area contributed by atoms with E-state index in [1.807, 2.05) is 42.5 Å². The first-order chi connectivity index (χ1) is 17.1. The lowest BCUT2D eigenvalue weighted by molar-refractivity contribution is 0.0697. The fourth-order valence-corrected chi connectivity index (χ4v) is 4.50. The van der Waals surface area contributed by atoms with E-state index in [9.17, 15) is 9.59 Å². The molecule has 0 saturated carbocycles. The van der Waals surface area contributed by atoms with Gasteiger partial charge in [0, 0.05) is 24.4 Å². The zero-order valence-corrected chi connectivity index (χ0v) is 19.0. The molecule has 1 amide bonds. The second-order valence-electron chi connectivity index (χ2n) is 8.39. The molecular weight excluding hydrogens is 438 g/mol. The van der Waals surface area contributed by atoms with Gasteiger partial charge in [0.25, 0.3) is 0 Å². The van der Waals surface area contributed by atoms with Gasteiger partial charge in [-0.05, 0) is 57.3 Å². The highest BCUT2D eigenvalue weighted by molar-refractivity contribution is 5.94. The lowest BCUT2D eigenvalue weighted by atomic mass is 9.98. The summed E-state index contributed by atoms with van der Waals surface area (Å²) in [7, 11) is 0. The van der Waals surface area contributed by atoms with Crippen molar-refractivity contribution < 1.29 is 19.4 Å². The summed E-state index contributed by atoms with van der Waals surface area (Å²) in [5.74, 6) is 5.24. The number of carbonyl (C=O) groups is 2. The normalized spacial score (nSPS) is 11.8. The summed E-state index contributed by atoms with van der Waals surface area (Å²) in [6.45, 7) is 0.672. The molecular formula is C30H23NO4. The molecule has 5 rings (SSSR count). The van der Waals surface area contributed by atoms with Crippen LogP contribution in [-0.2, 0) is 4.74 Å². The molecule has 0 unspecified atom stereocenters. The molecule has 4 aromatic rings. The summed E-state index contributed by atoms with van der Waals surface area (Å²) in [5, 5.41) is 13.7. The number of amides is 1. The van der Waals surface area contributed by atoms with Crippen LogP contribution in [0, 0.1) is 11.8 Å². The van der Waals surface area contributed by atoms with Crippen molar-refractivity contribution in [1.82, 2.24) is 5.32 Å². The number of benzene rings is 4. The van der Waals surface area contributed by atoms with E-state index >= 15 is 0 Å². The number of alkyl carbamates (subject to hydrolysis) is 1. The molecule has 1 aliphatic rings. The van der Waals surface area contributed by atoms with Crippen LogP contribution in [0.3, 0.4) is 0 Å². The highest BCUT2D eigenvalue weighted by Crippen LogP contribution is 2.44. The van der Waals surface area contributed by atoms with E-state index < -0.39 is 12.1 Å². The molecule has 0 fully saturated rings. The van der Waals surface area contributed by atoms with Gasteiger partial charge in [-0.15, -0.1) is 0 Å². The number of rotatable bonds is 5. The summed E-state index contributed by atoms with van der Waals surface area (Å²) < 4.78 is 5.54. The number of ether oxygens (including phenoxy) is 1. The van der Waals surface area contributed by atoms with E-state index in [0.717, 1.165) is 16.3 Å². The number of carboxylic acid groups (broad SMARTS) is 1. The lowest BCUT2D eigenvalue weighted by Crippen LogP contribution is -2.26. The number of nitrogens with one attached hydrogen (secondary N) is 1. The van der Waals surface area contributed by atoms with Gasteiger partial charge in [0.2, 0.25) is 0 Å². The van der Waals surface area contributed by atoms with Crippen molar-refractivity contribution >= 4 is 22.8 Å². The molecule has 172 valence electrons. The first kappa shape index (κ1) is 22.2. The van der Waals surface area contributed by atoms with Gasteiger partial charge in [-0.25, -0.2) is 9.59 Å². The summed E-state index contributed by atoms with van der Waals surface area (Å²) in [6, 6.07) is 27.1. The average molecular weight is 462 g/mol. The predicted octanol–water partition coefficient (Wildman–Crippen LogP) is 5.82. The van der Waals surface area contributed by atoms with Gasteiger partial charge >= 0.3 is 12.1 Å². The quantitative estimate of drug-likeness (QED) is 0.290. The smallest absolute Gasteiger partial charge is 0.407 e. The summed E-state index contributed by atoms with van der Waals surface area (Å²) >= 11 is 0. The van der Waals surface area contributed by atoms with Crippen LogP contribution in [0.5, 0.6) is 0 Å². The fourth-order valence-electron chi connectivity index (χ4n) is 4.50. The summed E-state index contributed by atoms with van der Waals surface area (Å²) in [4.78, 5) is 23.4. The zero-order valence-electron chi connectivity index (χ0n) is 19.0. The summed E-state index contributed by atoms with van der Waals surface area (Å²) in [5.41, 5.74) is 5.85. The van der Waals surface area contributed by atoms with Gasteiger partial charge in [0.15, 0.2) is 0 Å². The molecule has 2 N–H and O–H groups in total. The number of hydrogen-bond donors (Lipinski definition) is 2. The highest BCUT2D eigenvalue weighted by atomic mass is 16.5. The number of hydrogen-bond acceptors (Lipinski definition) is 3. The maximum Gasteiger partial charge on any atom is 0.407 e. The molecule has 1 aliphatic carbocycles. The van der Waals surface area contributed by atoms with Crippen LogP contribution in [0.15, 0.2) is 84.9 Å². The van der Waals surface area contributed by atoms with Crippen LogP contribution in [-0.4, -0.2) is 30.3 Å². The Hall–Kier alpha value is -4.56. The predicted molar refractivity (Wildman–Crippen MR) is 135 cm³/mol. The standard InChI is InChI=1S/C30H23NO4/c32-29(33)23-15-14-21-17-20(12-13-22(21)18-23)7-5-6-16-31-30(34)35-19-28-26-10-3-1-8-24(26)25-9-2-4-11-27(25)28/h1-4,8-15,17-18,28H,6,16,19H2,(H,31,34)(H,32,33). The van der Waals surface area contributed by atoms with Gasteiger partial charge < -0.3 is 15.2 Å². The van der Waals surface area contributed by atoms with Crippen LogP contribution < -0.4 is 5.32 Å². The molecule has 0 saturated heterocycles. The molecule has 5 nitrogen and oxygen atoms in total. The molecule has 0 spiro atoms. The highest BCUT2D eigenvalue weighted by Gasteiger charge is 2.28. The average Bonchev–Trinajstić information content (AvgIpc) is 3.20. The van der Waals surface area contributed by atoms with Crippen molar-refractivity contribution in [2.75, 3.05) is 13.2 Å². The minimum absolute atomic E-state index is 0.0347.